The average Bonchev–Trinajstić information content (AvgIpc) is 3.51. The molecule has 2 aliphatic rings. The van der Waals surface area contributed by atoms with E-state index in [1.54, 1.807) is 24.3 Å². The van der Waals surface area contributed by atoms with E-state index in [9.17, 15) is 9.59 Å². The summed E-state index contributed by atoms with van der Waals surface area (Å²) in [6, 6.07) is 23.4. The molecule has 1 fully saturated rings. The number of nitrogens with zero attached hydrogens (tertiary/aromatic N) is 1. The maximum absolute atomic E-state index is 13.0. The third kappa shape index (κ3) is 4.76. The summed E-state index contributed by atoms with van der Waals surface area (Å²) in [6.45, 7) is 2.31. The smallest absolute Gasteiger partial charge is 0.255 e. The highest BCUT2D eigenvalue weighted by atomic mass is 16.5. The third-order valence-corrected chi connectivity index (χ3v) is 6.22. The van der Waals surface area contributed by atoms with E-state index in [0.717, 1.165) is 43.6 Å². The van der Waals surface area contributed by atoms with Crippen LogP contribution >= 0.6 is 0 Å². The number of carbonyl (C=O) groups excluding carboxylic acids is 2. The van der Waals surface area contributed by atoms with E-state index >= 15 is 0 Å². The van der Waals surface area contributed by atoms with Crippen molar-refractivity contribution in [1.29, 1.82) is 0 Å². The Morgan fingerprint density at radius 1 is 0.970 bits per heavy atom. The highest BCUT2D eigenvalue weighted by Gasteiger charge is 2.24. The average molecular weight is 442 g/mol. The number of nitrogens with one attached hydrogen (secondary N) is 2. The van der Waals surface area contributed by atoms with Crippen LogP contribution in [0.1, 0.15) is 34.3 Å². The van der Waals surface area contributed by atoms with Crippen LogP contribution in [0.2, 0.25) is 0 Å². The molecule has 6 nitrogen and oxygen atoms in total. The SMILES string of the molecule is O=C(Nc1ccccc1CN1CCc2ccccc21)c1cccc(NC(=O)C2CCCO2)c1. The minimum absolute atomic E-state index is 0.165. The van der Waals surface area contributed by atoms with Crippen LogP contribution in [0.3, 0.4) is 0 Å². The first kappa shape index (κ1) is 21.2. The predicted molar refractivity (Wildman–Crippen MR) is 130 cm³/mol. The molecule has 3 aromatic rings. The summed E-state index contributed by atoms with van der Waals surface area (Å²) in [7, 11) is 0. The van der Waals surface area contributed by atoms with Crippen molar-refractivity contribution in [3.8, 4) is 0 Å². The topological polar surface area (TPSA) is 70.7 Å². The Morgan fingerprint density at radius 3 is 2.70 bits per heavy atom. The summed E-state index contributed by atoms with van der Waals surface area (Å²) in [6.07, 6.45) is 2.24. The van der Waals surface area contributed by atoms with Crippen LogP contribution < -0.4 is 15.5 Å². The van der Waals surface area contributed by atoms with Crippen molar-refractivity contribution in [2.24, 2.45) is 0 Å². The lowest BCUT2D eigenvalue weighted by molar-refractivity contribution is -0.124. The second-order valence-corrected chi connectivity index (χ2v) is 8.48. The van der Waals surface area contributed by atoms with Gasteiger partial charge in [0.25, 0.3) is 11.8 Å². The molecule has 2 amide bonds. The first-order chi connectivity index (χ1) is 16.2. The maximum Gasteiger partial charge on any atom is 0.255 e. The Hall–Kier alpha value is -3.64. The summed E-state index contributed by atoms with van der Waals surface area (Å²) in [5.74, 6) is -0.376. The van der Waals surface area contributed by atoms with Gasteiger partial charge in [-0.25, -0.2) is 0 Å². The van der Waals surface area contributed by atoms with Gasteiger partial charge in [0.15, 0.2) is 0 Å². The molecule has 0 aromatic heterocycles. The molecule has 3 aromatic carbocycles. The largest absolute Gasteiger partial charge is 0.368 e. The number of ether oxygens (including phenoxy) is 1. The van der Waals surface area contributed by atoms with Crippen molar-refractivity contribution >= 4 is 28.9 Å². The molecule has 2 aliphatic heterocycles. The summed E-state index contributed by atoms with van der Waals surface area (Å²) in [4.78, 5) is 27.7. The molecule has 0 aliphatic carbocycles. The molecule has 33 heavy (non-hydrogen) atoms. The zero-order valence-electron chi connectivity index (χ0n) is 18.4. The minimum Gasteiger partial charge on any atom is -0.368 e. The van der Waals surface area contributed by atoms with Gasteiger partial charge in [-0.05, 0) is 60.7 Å². The number of carbonyl (C=O) groups is 2. The normalized spacial score (nSPS) is 17.0. The number of rotatable bonds is 6. The number of fused-ring (bicyclic) bond motifs is 1. The monoisotopic (exact) mass is 441 g/mol. The van der Waals surface area contributed by atoms with E-state index in [2.05, 4.69) is 45.9 Å². The van der Waals surface area contributed by atoms with Crippen LogP contribution in [0.15, 0.2) is 72.8 Å². The van der Waals surface area contributed by atoms with Crippen LogP contribution in [0.25, 0.3) is 0 Å². The Labute approximate surface area is 193 Å². The fourth-order valence-electron chi connectivity index (χ4n) is 4.50. The molecule has 2 heterocycles. The fourth-order valence-corrected chi connectivity index (χ4v) is 4.50. The number of amides is 2. The summed E-state index contributed by atoms with van der Waals surface area (Å²) < 4.78 is 5.44. The lowest BCUT2D eigenvalue weighted by Gasteiger charge is -2.21. The van der Waals surface area contributed by atoms with E-state index < -0.39 is 6.10 Å². The quantitative estimate of drug-likeness (QED) is 0.586. The number of para-hydroxylation sites is 2. The Balaban J connectivity index is 1.28. The van der Waals surface area contributed by atoms with Gasteiger partial charge in [0.1, 0.15) is 6.10 Å². The van der Waals surface area contributed by atoms with Gasteiger partial charge in [-0.15, -0.1) is 0 Å². The van der Waals surface area contributed by atoms with Crippen molar-refractivity contribution in [2.45, 2.75) is 31.9 Å². The van der Waals surface area contributed by atoms with Crippen molar-refractivity contribution in [3.63, 3.8) is 0 Å². The van der Waals surface area contributed by atoms with E-state index in [1.807, 2.05) is 18.2 Å². The first-order valence-electron chi connectivity index (χ1n) is 11.4. The molecule has 2 N–H and O–H groups in total. The fraction of sp³-hybridized carbons (Fsp3) is 0.259. The molecule has 0 radical (unpaired) electrons. The standard InChI is InChI=1S/C27H27N3O3/c31-26(20-9-5-10-22(17-20)28-27(32)25-13-6-16-33-25)29-23-11-3-1-8-21(23)18-30-15-14-19-7-2-4-12-24(19)30/h1-5,7-12,17,25H,6,13-16,18H2,(H,28,32)(H,29,31). The minimum atomic E-state index is -0.412. The molecule has 6 heteroatoms. The summed E-state index contributed by atoms with van der Waals surface area (Å²) >= 11 is 0. The third-order valence-electron chi connectivity index (χ3n) is 6.22. The molecule has 0 bridgehead atoms. The predicted octanol–water partition coefficient (Wildman–Crippen LogP) is 4.62. The second kappa shape index (κ2) is 9.46. The Bertz CT molecular complexity index is 1170. The van der Waals surface area contributed by atoms with Gasteiger partial charge in [0.05, 0.1) is 0 Å². The van der Waals surface area contributed by atoms with Crippen molar-refractivity contribution in [2.75, 3.05) is 28.7 Å². The summed E-state index contributed by atoms with van der Waals surface area (Å²) in [5.41, 5.74) is 5.55. The molecule has 1 unspecified atom stereocenters. The zero-order valence-corrected chi connectivity index (χ0v) is 18.4. The van der Waals surface area contributed by atoms with Gasteiger partial charge >= 0.3 is 0 Å². The van der Waals surface area contributed by atoms with Crippen LogP contribution in [0.5, 0.6) is 0 Å². The Morgan fingerprint density at radius 2 is 1.82 bits per heavy atom. The molecular weight excluding hydrogens is 414 g/mol. The van der Waals surface area contributed by atoms with Crippen LogP contribution in [-0.2, 0) is 22.5 Å². The molecule has 1 saturated heterocycles. The van der Waals surface area contributed by atoms with Crippen molar-refractivity contribution in [1.82, 2.24) is 0 Å². The van der Waals surface area contributed by atoms with Crippen LogP contribution in [0.4, 0.5) is 17.1 Å². The second-order valence-electron chi connectivity index (χ2n) is 8.48. The molecular formula is C27H27N3O3. The van der Waals surface area contributed by atoms with Crippen molar-refractivity contribution in [3.05, 3.63) is 89.5 Å². The van der Waals surface area contributed by atoms with E-state index in [-0.39, 0.29) is 11.8 Å². The molecule has 0 spiro atoms. The number of benzene rings is 3. The lowest BCUT2D eigenvalue weighted by atomic mass is 10.1. The first-order valence-corrected chi connectivity index (χ1v) is 11.4. The van der Waals surface area contributed by atoms with Gasteiger partial charge in [-0.3, -0.25) is 9.59 Å². The van der Waals surface area contributed by atoms with Gasteiger partial charge in [-0.1, -0.05) is 42.5 Å². The van der Waals surface area contributed by atoms with Gasteiger partial charge in [-0.2, -0.15) is 0 Å². The van der Waals surface area contributed by atoms with Gasteiger partial charge in [0, 0.05) is 42.3 Å². The zero-order chi connectivity index (χ0) is 22.6. The number of anilines is 3. The molecule has 1 atom stereocenters. The highest BCUT2D eigenvalue weighted by molar-refractivity contribution is 6.06. The molecule has 5 rings (SSSR count). The van der Waals surface area contributed by atoms with Gasteiger partial charge in [0.2, 0.25) is 0 Å². The van der Waals surface area contributed by atoms with Gasteiger partial charge < -0.3 is 20.3 Å². The van der Waals surface area contributed by atoms with Crippen LogP contribution in [0, 0.1) is 0 Å². The maximum atomic E-state index is 13.0. The highest BCUT2D eigenvalue weighted by Crippen LogP contribution is 2.30. The van der Waals surface area contributed by atoms with Crippen molar-refractivity contribution < 1.29 is 14.3 Å². The van der Waals surface area contributed by atoms with E-state index in [0.29, 0.717) is 17.9 Å². The summed E-state index contributed by atoms with van der Waals surface area (Å²) in [5, 5.41) is 5.92. The number of hydrogen-bond acceptors (Lipinski definition) is 4. The van der Waals surface area contributed by atoms with Crippen LogP contribution in [-0.4, -0.2) is 31.1 Å². The van der Waals surface area contributed by atoms with E-state index in [1.165, 1.54) is 11.3 Å². The molecule has 168 valence electrons. The number of hydrogen-bond donors (Lipinski definition) is 2. The lowest BCUT2D eigenvalue weighted by Crippen LogP contribution is -2.27. The molecule has 0 saturated carbocycles. The van der Waals surface area contributed by atoms with E-state index in [4.69, 9.17) is 4.74 Å². The Kier molecular flexibility index (Phi) is 6.09.